The van der Waals surface area contributed by atoms with E-state index in [9.17, 15) is 0 Å². The number of pyridine rings is 1. The van der Waals surface area contributed by atoms with E-state index in [0.29, 0.717) is 32.0 Å². The lowest BCUT2D eigenvalue weighted by atomic mass is 9.68. The number of rotatable bonds is 2. The Morgan fingerprint density at radius 1 is 1.32 bits per heavy atom. The Labute approximate surface area is 113 Å². The highest BCUT2D eigenvalue weighted by Crippen LogP contribution is 2.55. The minimum atomic E-state index is -0.564. The molecule has 19 heavy (non-hydrogen) atoms. The van der Waals surface area contributed by atoms with Gasteiger partial charge < -0.3 is 14.3 Å². The molecule has 2 heterocycles. The van der Waals surface area contributed by atoms with Gasteiger partial charge in [0.1, 0.15) is 5.69 Å². The van der Waals surface area contributed by atoms with Crippen molar-refractivity contribution in [1.82, 2.24) is 4.98 Å². The highest BCUT2D eigenvalue weighted by molar-refractivity contribution is 5.36. The van der Waals surface area contributed by atoms with E-state index in [1.165, 1.54) is 0 Å². The van der Waals surface area contributed by atoms with Gasteiger partial charge in [-0.1, -0.05) is 19.9 Å². The average molecular weight is 258 g/mol. The summed E-state index contributed by atoms with van der Waals surface area (Å²) in [6.07, 6.45) is 2.97. The second-order valence-corrected chi connectivity index (χ2v) is 5.70. The third kappa shape index (κ3) is 1.85. The summed E-state index contributed by atoms with van der Waals surface area (Å²) < 4.78 is 11.3. The van der Waals surface area contributed by atoms with E-state index in [1.54, 1.807) is 6.20 Å². The molecular weight excluding hydrogens is 240 g/mol. The van der Waals surface area contributed by atoms with Gasteiger partial charge in [-0.3, -0.25) is 4.98 Å². The van der Waals surface area contributed by atoms with Crippen molar-refractivity contribution >= 4 is 0 Å². The Bertz CT molecular complexity index is 519. The molecule has 1 spiro atoms. The maximum absolute atomic E-state index is 7.60. The molecule has 0 atom stereocenters. The van der Waals surface area contributed by atoms with E-state index >= 15 is 0 Å². The molecule has 0 radical (unpaired) electrons. The first-order valence-electron chi connectivity index (χ1n) is 6.73. The maximum atomic E-state index is 7.60. The van der Waals surface area contributed by atoms with E-state index in [-0.39, 0.29) is 0 Å². The maximum Gasteiger partial charge on any atom is 0.284 e. The number of nitrogens with zero attached hydrogens (tertiary/aromatic N) is 2. The summed E-state index contributed by atoms with van der Waals surface area (Å²) in [5.74, 6) is -0.152. The summed E-state index contributed by atoms with van der Waals surface area (Å²) in [7, 11) is 0. The highest BCUT2D eigenvalue weighted by atomic mass is 16.7. The molecular formula is C15H18N2O2. The van der Waals surface area contributed by atoms with Crippen LogP contribution in [0.4, 0.5) is 0 Å². The molecule has 1 aromatic heterocycles. The Morgan fingerprint density at radius 3 is 2.58 bits per heavy atom. The predicted octanol–water partition coefficient (Wildman–Crippen LogP) is 2.86. The minimum Gasteiger partial charge on any atom is -0.347 e. The van der Waals surface area contributed by atoms with Crippen LogP contribution in [0.1, 0.15) is 43.9 Å². The Balaban J connectivity index is 1.95. The monoisotopic (exact) mass is 258 g/mol. The number of hydrogen-bond donors (Lipinski definition) is 0. The molecule has 2 fully saturated rings. The normalized spacial score (nSPS) is 23.3. The summed E-state index contributed by atoms with van der Waals surface area (Å²) >= 11 is 0. The zero-order valence-corrected chi connectivity index (χ0v) is 11.3. The summed E-state index contributed by atoms with van der Waals surface area (Å²) in [6.45, 7) is 13.1. The molecule has 4 heteroatoms. The summed E-state index contributed by atoms with van der Waals surface area (Å²) in [5.41, 5.74) is 1.50. The van der Waals surface area contributed by atoms with Crippen LogP contribution in [0.3, 0.4) is 0 Å². The fourth-order valence-electron chi connectivity index (χ4n) is 3.11. The molecule has 2 aliphatic rings. The van der Waals surface area contributed by atoms with Crippen LogP contribution < -0.4 is 0 Å². The van der Waals surface area contributed by atoms with Gasteiger partial charge in [0, 0.05) is 6.20 Å². The van der Waals surface area contributed by atoms with Crippen LogP contribution in [0.25, 0.3) is 4.85 Å². The summed E-state index contributed by atoms with van der Waals surface area (Å²) in [5, 5.41) is 0. The quantitative estimate of drug-likeness (QED) is 0.765. The molecule has 1 saturated heterocycles. The van der Waals surface area contributed by atoms with E-state index in [0.717, 1.165) is 11.3 Å². The largest absolute Gasteiger partial charge is 0.347 e. The average Bonchev–Trinajstić information content (AvgIpc) is 2.85. The molecule has 0 unspecified atom stereocenters. The van der Waals surface area contributed by atoms with Crippen LogP contribution in [-0.2, 0) is 15.0 Å². The molecule has 1 aliphatic carbocycles. The standard InChI is InChI=1S/C15H18N2O2/c1-11(2)12-5-4-6-17-13(12)14(16-3)9-15(10-14)18-7-8-19-15/h4-6,11H,7-10H2,1-2H3. The van der Waals surface area contributed by atoms with Crippen LogP contribution in [0, 0.1) is 6.57 Å². The number of hydrogen-bond acceptors (Lipinski definition) is 3. The molecule has 0 N–H and O–H groups in total. The van der Waals surface area contributed by atoms with Crippen LogP contribution >= 0.6 is 0 Å². The lowest BCUT2D eigenvalue weighted by Crippen LogP contribution is -2.54. The lowest BCUT2D eigenvalue weighted by molar-refractivity contribution is -0.232. The van der Waals surface area contributed by atoms with E-state index in [4.69, 9.17) is 16.0 Å². The van der Waals surface area contributed by atoms with Crippen molar-refractivity contribution in [1.29, 1.82) is 0 Å². The van der Waals surface area contributed by atoms with Crippen molar-refractivity contribution in [2.45, 2.75) is 43.9 Å². The number of ether oxygens (including phenoxy) is 2. The molecule has 1 aromatic rings. The van der Waals surface area contributed by atoms with Gasteiger partial charge in [-0.05, 0) is 17.5 Å². The van der Waals surface area contributed by atoms with E-state index in [1.807, 2.05) is 6.07 Å². The molecule has 1 aliphatic heterocycles. The van der Waals surface area contributed by atoms with Gasteiger partial charge in [-0.2, -0.15) is 0 Å². The van der Waals surface area contributed by atoms with Gasteiger partial charge >= 0.3 is 0 Å². The summed E-state index contributed by atoms with van der Waals surface area (Å²) in [6, 6.07) is 4.01. The summed E-state index contributed by atoms with van der Waals surface area (Å²) in [4.78, 5) is 8.38. The Morgan fingerprint density at radius 2 is 2.00 bits per heavy atom. The zero-order valence-electron chi connectivity index (χ0n) is 11.3. The van der Waals surface area contributed by atoms with E-state index in [2.05, 4.69) is 29.7 Å². The lowest BCUT2D eigenvalue weighted by Gasteiger charge is -2.44. The van der Waals surface area contributed by atoms with E-state index < -0.39 is 11.3 Å². The van der Waals surface area contributed by atoms with Gasteiger partial charge in [0.05, 0.1) is 26.1 Å². The highest BCUT2D eigenvalue weighted by Gasteiger charge is 2.66. The minimum absolute atomic E-state index is 0.365. The SMILES string of the molecule is [C-]#[N+]C1(c2ncccc2C(C)C)CC2(C1)OCCO2. The first kappa shape index (κ1) is 12.6. The predicted molar refractivity (Wildman–Crippen MR) is 70.5 cm³/mol. The molecule has 100 valence electrons. The third-order valence-electron chi connectivity index (χ3n) is 4.05. The van der Waals surface area contributed by atoms with Gasteiger partial charge in [0.2, 0.25) is 0 Å². The number of aromatic nitrogens is 1. The van der Waals surface area contributed by atoms with Crippen molar-refractivity contribution in [3.63, 3.8) is 0 Å². The van der Waals surface area contributed by atoms with Crippen LogP contribution in [0.15, 0.2) is 18.3 Å². The van der Waals surface area contributed by atoms with Gasteiger partial charge in [-0.15, -0.1) is 0 Å². The van der Waals surface area contributed by atoms with Crippen molar-refractivity contribution in [3.05, 3.63) is 41.0 Å². The van der Waals surface area contributed by atoms with Gasteiger partial charge in [-0.25, -0.2) is 6.57 Å². The third-order valence-corrected chi connectivity index (χ3v) is 4.05. The van der Waals surface area contributed by atoms with Gasteiger partial charge in [0.25, 0.3) is 5.54 Å². The molecule has 4 nitrogen and oxygen atoms in total. The first-order valence-corrected chi connectivity index (χ1v) is 6.73. The second kappa shape index (κ2) is 4.29. The topological polar surface area (TPSA) is 35.7 Å². The smallest absolute Gasteiger partial charge is 0.284 e. The van der Waals surface area contributed by atoms with Crippen molar-refractivity contribution < 1.29 is 9.47 Å². The van der Waals surface area contributed by atoms with Crippen LogP contribution in [-0.4, -0.2) is 24.0 Å². The second-order valence-electron chi connectivity index (χ2n) is 5.70. The zero-order chi connectivity index (χ0) is 13.5. The Hall–Kier alpha value is -1.44. The van der Waals surface area contributed by atoms with Crippen molar-refractivity contribution in [2.75, 3.05) is 13.2 Å². The van der Waals surface area contributed by atoms with Crippen LogP contribution in [0.5, 0.6) is 0 Å². The molecule has 0 amide bonds. The molecule has 3 rings (SSSR count). The molecule has 0 bridgehead atoms. The van der Waals surface area contributed by atoms with Gasteiger partial charge in [0.15, 0.2) is 5.79 Å². The molecule has 1 saturated carbocycles. The fourth-order valence-corrected chi connectivity index (χ4v) is 3.11. The molecule has 0 aromatic carbocycles. The van der Waals surface area contributed by atoms with Crippen LogP contribution in [0.2, 0.25) is 0 Å². The Kier molecular flexibility index (Phi) is 2.84. The fraction of sp³-hybridized carbons (Fsp3) is 0.600. The van der Waals surface area contributed by atoms with Crippen molar-refractivity contribution in [2.24, 2.45) is 0 Å². The van der Waals surface area contributed by atoms with Crippen molar-refractivity contribution in [3.8, 4) is 0 Å². The first-order chi connectivity index (χ1) is 9.11.